The zero-order chi connectivity index (χ0) is 14.6. The van der Waals surface area contributed by atoms with Crippen molar-refractivity contribution >= 4 is 18.0 Å². The van der Waals surface area contributed by atoms with Crippen LogP contribution in [0, 0.1) is 0 Å². The van der Waals surface area contributed by atoms with Gasteiger partial charge in [0.25, 0.3) is 0 Å². The minimum atomic E-state index is -4.34. The normalized spacial score (nSPS) is 11.8. The maximum atomic E-state index is 12.4. The third kappa shape index (κ3) is 3.67. The third-order valence-electron chi connectivity index (χ3n) is 2.30. The Kier molecular flexibility index (Phi) is 3.83. The first-order chi connectivity index (χ1) is 9.45. The van der Waals surface area contributed by atoms with Crippen LogP contribution in [-0.2, 0) is 6.18 Å². The summed E-state index contributed by atoms with van der Waals surface area (Å²) in [5, 5.41) is 3.84. The Hall–Kier alpha value is -2.64. The van der Waals surface area contributed by atoms with Crippen LogP contribution in [0.15, 0.2) is 41.6 Å². The highest BCUT2D eigenvalue weighted by molar-refractivity contribution is 5.80. The van der Waals surface area contributed by atoms with Gasteiger partial charge in [-0.1, -0.05) is 12.1 Å². The van der Waals surface area contributed by atoms with Gasteiger partial charge in [0.1, 0.15) is 0 Å². The Bertz CT molecular complexity index is 607. The standard InChI is InChI=1S/C12H10F3N5/c13-12(14,15)9-3-1-8(2-4-9)7-18-20-10-5-6-17-11(16)19-10/h1-7H,(H3,16,17,19,20)/b18-7+. The summed E-state index contributed by atoms with van der Waals surface area (Å²) in [5.41, 5.74) is 7.79. The van der Waals surface area contributed by atoms with Crippen molar-refractivity contribution in [3.8, 4) is 0 Å². The maximum Gasteiger partial charge on any atom is 0.416 e. The highest BCUT2D eigenvalue weighted by Crippen LogP contribution is 2.28. The van der Waals surface area contributed by atoms with Crippen molar-refractivity contribution in [3.63, 3.8) is 0 Å². The number of hydrogen-bond acceptors (Lipinski definition) is 5. The number of anilines is 2. The molecule has 1 heterocycles. The number of halogens is 3. The van der Waals surface area contributed by atoms with Crippen LogP contribution in [0.5, 0.6) is 0 Å². The van der Waals surface area contributed by atoms with Crippen LogP contribution in [0.2, 0.25) is 0 Å². The van der Waals surface area contributed by atoms with E-state index in [9.17, 15) is 13.2 Å². The molecule has 0 amide bonds. The summed E-state index contributed by atoms with van der Waals surface area (Å²) in [6.07, 6.45) is -1.51. The molecule has 0 fully saturated rings. The van der Waals surface area contributed by atoms with E-state index in [1.165, 1.54) is 24.5 Å². The molecule has 0 atom stereocenters. The number of rotatable bonds is 3. The third-order valence-corrected chi connectivity index (χ3v) is 2.30. The fourth-order valence-electron chi connectivity index (χ4n) is 1.37. The molecule has 2 aromatic rings. The fourth-order valence-corrected chi connectivity index (χ4v) is 1.37. The van der Waals surface area contributed by atoms with Crippen molar-refractivity contribution in [1.29, 1.82) is 0 Å². The number of hydrogen-bond donors (Lipinski definition) is 2. The molecule has 0 bridgehead atoms. The molecular weight excluding hydrogens is 271 g/mol. The summed E-state index contributed by atoms with van der Waals surface area (Å²) < 4.78 is 37.1. The number of nitrogen functional groups attached to an aromatic ring is 1. The number of benzene rings is 1. The predicted molar refractivity (Wildman–Crippen MR) is 69.1 cm³/mol. The van der Waals surface area contributed by atoms with E-state index in [1.807, 2.05) is 0 Å². The molecule has 0 radical (unpaired) electrons. The van der Waals surface area contributed by atoms with Gasteiger partial charge in [0.15, 0.2) is 5.82 Å². The molecule has 0 saturated carbocycles. The number of aromatic nitrogens is 2. The van der Waals surface area contributed by atoms with Crippen molar-refractivity contribution in [2.75, 3.05) is 11.2 Å². The molecule has 1 aromatic carbocycles. The number of nitrogens with zero attached hydrogens (tertiary/aromatic N) is 3. The van der Waals surface area contributed by atoms with Crippen LogP contribution in [0.1, 0.15) is 11.1 Å². The van der Waals surface area contributed by atoms with Gasteiger partial charge in [0.05, 0.1) is 11.8 Å². The van der Waals surface area contributed by atoms with Crippen LogP contribution in [-0.4, -0.2) is 16.2 Å². The molecule has 0 aliphatic carbocycles. The molecule has 0 aliphatic rings. The highest BCUT2D eigenvalue weighted by atomic mass is 19.4. The summed E-state index contributed by atoms with van der Waals surface area (Å²) in [4.78, 5) is 7.55. The van der Waals surface area contributed by atoms with E-state index in [0.717, 1.165) is 12.1 Å². The molecule has 104 valence electrons. The minimum Gasteiger partial charge on any atom is -0.368 e. The number of nitrogens with one attached hydrogen (secondary N) is 1. The van der Waals surface area contributed by atoms with Gasteiger partial charge in [0, 0.05) is 12.3 Å². The predicted octanol–water partition coefficient (Wildman–Crippen LogP) is 2.52. The van der Waals surface area contributed by atoms with Crippen molar-refractivity contribution in [2.24, 2.45) is 5.10 Å². The van der Waals surface area contributed by atoms with Gasteiger partial charge >= 0.3 is 6.18 Å². The SMILES string of the molecule is Nc1nccc(N/N=C/c2ccc(C(F)(F)F)cc2)n1. The lowest BCUT2D eigenvalue weighted by Crippen LogP contribution is -2.04. The second-order valence-corrected chi connectivity index (χ2v) is 3.79. The van der Waals surface area contributed by atoms with Gasteiger partial charge in [0.2, 0.25) is 5.95 Å². The number of alkyl halides is 3. The zero-order valence-corrected chi connectivity index (χ0v) is 10.1. The summed E-state index contributed by atoms with van der Waals surface area (Å²) in [6.45, 7) is 0. The van der Waals surface area contributed by atoms with E-state index in [4.69, 9.17) is 5.73 Å². The molecule has 3 N–H and O–H groups in total. The molecule has 0 spiro atoms. The Labute approximate surface area is 112 Å². The molecule has 5 nitrogen and oxygen atoms in total. The summed E-state index contributed by atoms with van der Waals surface area (Å²) in [5.74, 6) is 0.486. The minimum absolute atomic E-state index is 0.0970. The quantitative estimate of drug-likeness (QED) is 0.669. The van der Waals surface area contributed by atoms with Crippen molar-refractivity contribution < 1.29 is 13.2 Å². The summed E-state index contributed by atoms with van der Waals surface area (Å²) >= 11 is 0. The second kappa shape index (κ2) is 5.55. The monoisotopic (exact) mass is 281 g/mol. The second-order valence-electron chi connectivity index (χ2n) is 3.79. The average Bonchev–Trinajstić information content (AvgIpc) is 2.38. The largest absolute Gasteiger partial charge is 0.416 e. The van der Waals surface area contributed by atoms with Crippen LogP contribution in [0.3, 0.4) is 0 Å². The van der Waals surface area contributed by atoms with Crippen molar-refractivity contribution in [3.05, 3.63) is 47.7 Å². The highest BCUT2D eigenvalue weighted by Gasteiger charge is 2.29. The topological polar surface area (TPSA) is 76.2 Å². The molecule has 0 saturated heterocycles. The van der Waals surface area contributed by atoms with Crippen LogP contribution in [0.4, 0.5) is 24.9 Å². The zero-order valence-electron chi connectivity index (χ0n) is 10.1. The first-order valence-electron chi connectivity index (χ1n) is 5.50. The first kappa shape index (κ1) is 13.8. The van der Waals surface area contributed by atoms with Crippen molar-refractivity contribution in [2.45, 2.75) is 6.18 Å². The summed E-state index contributed by atoms with van der Waals surface area (Å²) in [7, 11) is 0. The summed E-state index contributed by atoms with van der Waals surface area (Å²) in [6, 6.07) is 6.18. The molecule has 0 aliphatic heterocycles. The lowest BCUT2D eigenvalue weighted by molar-refractivity contribution is -0.137. The smallest absolute Gasteiger partial charge is 0.368 e. The van der Waals surface area contributed by atoms with E-state index in [1.54, 1.807) is 6.07 Å². The fraction of sp³-hybridized carbons (Fsp3) is 0.0833. The van der Waals surface area contributed by atoms with E-state index in [0.29, 0.717) is 11.4 Å². The molecule has 20 heavy (non-hydrogen) atoms. The number of hydrazone groups is 1. The Morgan fingerprint density at radius 3 is 2.45 bits per heavy atom. The Morgan fingerprint density at radius 1 is 1.15 bits per heavy atom. The van der Waals surface area contributed by atoms with Gasteiger partial charge in [-0.25, -0.2) is 4.98 Å². The Morgan fingerprint density at radius 2 is 1.85 bits per heavy atom. The molecular formula is C12H10F3N5. The number of nitrogens with two attached hydrogens (primary N) is 1. The van der Waals surface area contributed by atoms with Crippen LogP contribution >= 0.6 is 0 Å². The van der Waals surface area contributed by atoms with Gasteiger partial charge in [-0.2, -0.15) is 23.3 Å². The van der Waals surface area contributed by atoms with E-state index >= 15 is 0 Å². The molecule has 0 unspecified atom stereocenters. The van der Waals surface area contributed by atoms with E-state index in [-0.39, 0.29) is 5.95 Å². The molecule has 8 heteroatoms. The lowest BCUT2D eigenvalue weighted by atomic mass is 10.1. The van der Waals surface area contributed by atoms with E-state index < -0.39 is 11.7 Å². The first-order valence-corrected chi connectivity index (χ1v) is 5.50. The maximum absolute atomic E-state index is 12.4. The van der Waals surface area contributed by atoms with Gasteiger partial charge in [-0.15, -0.1) is 0 Å². The van der Waals surface area contributed by atoms with Crippen LogP contribution < -0.4 is 11.2 Å². The van der Waals surface area contributed by atoms with Gasteiger partial charge in [-0.3, -0.25) is 5.43 Å². The lowest BCUT2D eigenvalue weighted by Gasteiger charge is -2.05. The van der Waals surface area contributed by atoms with Gasteiger partial charge < -0.3 is 5.73 Å². The van der Waals surface area contributed by atoms with Gasteiger partial charge in [-0.05, 0) is 17.7 Å². The average molecular weight is 281 g/mol. The van der Waals surface area contributed by atoms with Crippen LogP contribution in [0.25, 0.3) is 0 Å². The van der Waals surface area contributed by atoms with Crippen molar-refractivity contribution in [1.82, 2.24) is 9.97 Å². The molecule has 1 aromatic heterocycles. The molecule has 2 rings (SSSR count). The Balaban J connectivity index is 2.01. The van der Waals surface area contributed by atoms with E-state index in [2.05, 4.69) is 20.5 Å².